The van der Waals surface area contributed by atoms with Crippen molar-refractivity contribution in [2.75, 3.05) is 7.05 Å². The number of likely N-dealkylation sites (N-methyl/N-ethyl adjacent to an activating group) is 1. The lowest BCUT2D eigenvalue weighted by atomic mass is 10.2. The van der Waals surface area contributed by atoms with Gasteiger partial charge >= 0.3 is 0 Å². The van der Waals surface area contributed by atoms with Gasteiger partial charge in [-0.2, -0.15) is 5.10 Å². The third-order valence-electron chi connectivity index (χ3n) is 4.02. The van der Waals surface area contributed by atoms with Crippen molar-refractivity contribution in [3.05, 3.63) is 57.9 Å². The lowest BCUT2D eigenvalue weighted by molar-refractivity contribution is -0.125. The van der Waals surface area contributed by atoms with E-state index in [1.165, 1.54) is 23.1 Å². The van der Waals surface area contributed by atoms with E-state index in [0.29, 0.717) is 10.7 Å². The number of nitrogens with zero attached hydrogens (tertiary/aromatic N) is 3. The molecule has 4 nitrogen and oxygen atoms in total. The zero-order chi connectivity index (χ0) is 19.3. The third kappa shape index (κ3) is 4.91. The number of carbonyl (C=O) groups is 1. The highest BCUT2D eigenvalue weighted by molar-refractivity contribution is 6.31. The molecule has 1 aromatic carbocycles. The highest BCUT2D eigenvalue weighted by Gasteiger charge is 2.13. The predicted molar refractivity (Wildman–Crippen MR) is 98.7 cm³/mol. The van der Waals surface area contributed by atoms with Crippen molar-refractivity contribution >= 4 is 23.6 Å². The van der Waals surface area contributed by atoms with Crippen LogP contribution in [0.4, 0.5) is 8.78 Å². The molecule has 2 aromatic rings. The fourth-order valence-corrected chi connectivity index (χ4v) is 2.80. The number of aromatic nitrogens is 2. The zero-order valence-corrected chi connectivity index (χ0v) is 15.9. The number of amides is 1. The van der Waals surface area contributed by atoms with E-state index in [1.54, 1.807) is 17.8 Å². The molecule has 0 N–H and O–H groups in total. The van der Waals surface area contributed by atoms with Crippen molar-refractivity contribution < 1.29 is 13.6 Å². The fourth-order valence-electron chi connectivity index (χ4n) is 2.48. The first-order valence-electron chi connectivity index (χ1n) is 8.43. The van der Waals surface area contributed by atoms with Gasteiger partial charge in [0.15, 0.2) is 0 Å². The minimum Gasteiger partial charge on any atom is -0.338 e. The summed E-state index contributed by atoms with van der Waals surface area (Å²) in [4.78, 5) is 13.6. The molecule has 0 saturated carbocycles. The molecule has 0 spiro atoms. The summed E-state index contributed by atoms with van der Waals surface area (Å²) in [5.74, 6) is -1.64. The summed E-state index contributed by atoms with van der Waals surface area (Å²) in [5.41, 5.74) is 1.68. The Bertz CT molecular complexity index is 817. The van der Waals surface area contributed by atoms with Crippen LogP contribution in [0.15, 0.2) is 24.3 Å². The molecular weight excluding hydrogens is 360 g/mol. The Balaban J connectivity index is 2.07. The molecule has 0 saturated heterocycles. The van der Waals surface area contributed by atoms with E-state index in [1.807, 2.05) is 6.92 Å². The summed E-state index contributed by atoms with van der Waals surface area (Å²) in [6.07, 6.45) is 4.99. The minimum absolute atomic E-state index is 0.0394. The summed E-state index contributed by atoms with van der Waals surface area (Å²) in [6.45, 7) is 4.68. The number of aryl methyl sites for hydroxylation is 2. The molecule has 7 heteroatoms. The van der Waals surface area contributed by atoms with E-state index in [9.17, 15) is 13.6 Å². The van der Waals surface area contributed by atoms with Gasteiger partial charge in [0.2, 0.25) is 5.91 Å². The van der Waals surface area contributed by atoms with Gasteiger partial charge in [-0.15, -0.1) is 0 Å². The molecule has 1 aromatic heterocycles. The maximum Gasteiger partial charge on any atom is 0.246 e. The molecule has 0 atom stereocenters. The Morgan fingerprint density at radius 2 is 2.12 bits per heavy atom. The Labute approximate surface area is 157 Å². The smallest absolute Gasteiger partial charge is 0.246 e. The minimum atomic E-state index is -0.676. The van der Waals surface area contributed by atoms with Gasteiger partial charge in [0, 0.05) is 43.4 Å². The van der Waals surface area contributed by atoms with Crippen molar-refractivity contribution in [3.63, 3.8) is 0 Å². The number of unbranched alkanes of at least 4 members (excludes halogenated alkanes) is 1. The van der Waals surface area contributed by atoms with Gasteiger partial charge in [0.1, 0.15) is 16.8 Å². The van der Waals surface area contributed by atoms with Crippen LogP contribution in [-0.2, 0) is 17.9 Å². The van der Waals surface area contributed by atoms with Crippen LogP contribution in [0.25, 0.3) is 6.08 Å². The lowest BCUT2D eigenvalue weighted by Gasteiger charge is -2.15. The fraction of sp³-hybridized carbons (Fsp3) is 0.368. The first-order chi connectivity index (χ1) is 12.3. The molecule has 0 bridgehead atoms. The maximum absolute atomic E-state index is 13.7. The summed E-state index contributed by atoms with van der Waals surface area (Å²) >= 11 is 6.33. The largest absolute Gasteiger partial charge is 0.338 e. The van der Waals surface area contributed by atoms with Crippen LogP contribution in [0.1, 0.15) is 36.6 Å². The molecule has 1 heterocycles. The van der Waals surface area contributed by atoms with Crippen molar-refractivity contribution in [2.24, 2.45) is 0 Å². The van der Waals surface area contributed by atoms with Crippen LogP contribution in [0.2, 0.25) is 5.15 Å². The topological polar surface area (TPSA) is 38.1 Å². The molecule has 2 rings (SSSR count). The Morgan fingerprint density at radius 3 is 2.77 bits per heavy atom. The molecule has 0 fully saturated rings. The standard InChI is InChI=1S/C19H22ClF2N3O/c1-4-5-10-25-19(20)16(13(2)23-25)8-9-18(26)24(3)12-14-6-7-15(21)11-17(14)22/h6-9,11H,4-5,10,12H2,1-3H3/b9-8+. The number of hydrogen-bond donors (Lipinski definition) is 0. The second kappa shape index (κ2) is 8.94. The van der Waals surface area contributed by atoms with Gasteiger partial charge in [-0.1, -0.05) is 31.0 Å². The first kappa shape index (κ1) is 20.1. The Morgan fingerprint density at radius 1 is 1.38 bits per heavy atom. The monoisotopic (exact) mass is 381 g/mol. The van der Waals surface area contributed by atoms with E-state index >= 15 is 0 Å². The number of hydrogen-bond acceptors (Lipinski definition) is 2. The van der Waals surface area contributed by atoms with Gasteiger partial charge in [-0.3, -0.25) is 9.48 Å². The Hall–Kier alpha value is -2.21. The normalized spacial score (nSPS) is 11.3. The first-order valence-corrected chi connectivity index (χ1v) is 8.81. The highest BCUT2D eigenvalue weighted by Crippen LogP contribution is 2.22. The quantitative estimate of drug-likeness (QED) is 0.657. The third-order valence-corrected chi connectivity index (χ3v) is 4.42. The highest BCUT2D eigenvalue weighted by atomic mass is 35.5. The molecule has 26 heavy (non-hydrogen) atoms. The molecule has 0 aliphatic rings. The summed E-state index contributed by atoms with van der Waals surface area (Å²) in [5, 5.41) is 4.87. The summed E-state index contributed by atoms with van der Waals surface area (Å²) in [6, 6.07) is 3.30. The molecule has 0 aliphatic carbocycles. The zero-order valence-electron chi connectivity index (χ0n) is 15.1. The average Bonchev–Trinajstić information content (AvgIpc) is 2.86. The predicted octanol–water partition coefficient (Wildman–Crippen LogP) is 4.60. The second-order valence-corrected chi connectivity index (χ2v) is 6.49. The summed E-state index contributed by atoms with van der Waals surface area (Å²) in [7, 11) is 1.55. The van der Waals surface area contributed by atoms with Gasteiger partial charge in [-0.25, -0.2) is 8.78 Å². The van der Waals surface area contributed by atoms with Crippen molar-refractivity contribution in [1.29, 1.82) is 0 Å². The lowest BCUT2D eigenvalue weighted by Crippen LogP contribution is -2.24. The van der Waals surface area contributed by atoms with Crippen molar-refractivity contribution in [3.8, 4) is 0 Å². The van der Waals surface area contributed by atoms with E-state index in [-0.39, 0.29) is 18.0 Å². The molecule has 140 valence electrons. The SMILES string of the molecule is CCCCn1nc(C)c(/C=C/C(=O)N(C)Cc2ccc(F)cc2F)c1Cl. The van der Waals surface area contributed by atoms with Crippen LogP contribution in [-0.4, -0.2) is 27.6 Å². The maximum atomic E-state index is 13.7. The molecular formula is C19H22ClF2N3O. The van der Waals surface area contributed by atoms with Crippen LogP contribution in [0.3, 0.4) is 0 Å². The van der Waals surface area contributed by atoms with Gasteiger partial charge in [-0.05, 0) is 25.5 Å². The second-order valence-electron chi connectivity index (χ2n) is 6.13. The average molecular weight is 382 g/mol. The van der Waals surface area contributed by atoms with E-state index < -0.39 is 11.6 Å². The van der Waals surface area contributed by atoms with Crippen molar-refractivity contribution in [1.82, 2.24) is 14.7 Å². The Kier molecular flexibility index (Phi) is 6.91. The number of benzene rings is 1. The van der Waals surface area contributed by atoms with Crippen LogP contribution in [0.5, 0.6) is 0 Å². The number of carbonyl (C=O) groups excluding carboxylic acids is 1. The van der Waals surface area contributed by atoms with Gasteiger partial charge < -0.3 is 4.90 Å². The van der Waals surface area contributed by atoms with Crippen LogP contribution in [0, 0.1) is 18.6 Å². The van der Waals surface area contributed by atoms with E-state index in [4.69, 9.17) is 11.6 Å². The number of halogens is 3. The molecule has 0 aliphatic heterocycles. The van der Waals surface area contributed by atoms with Gasteiger partial charge in [0.05, 0.1) is 5.69 Å². The molecule has 1 amide bonds. The molecule has 0 radical (unpaired) electrons. The van der Waals surface area contributed by atoms with E-state index in [2.05, 4.69) is 12.0 Å². The van der Waals surface area contributed by atoms with Crippen LogP contribution < -0.4 is 0 Å². The molecule has 0 unspecified atom stereocenters. The summed E-state index contributed by atoms with van der Waals surface area (Å²) < 4.78 is 28.4. The van der Waals surface area contributed by atoms with E-state index in [0.717, 1.165) is 31.1 Å². The van der Waals surface area contributed by atoms with Gasteiger partial charge in [0.25, 0.3) is 0 Å². The van der Waals surface area contributed by atoms with Crippen LogP contribution >= 0.6 is 11.6 Å². The van der Waals surface area contributed by atoms with Crippen molar-refractivity contribution in [2.45, 2.75) is 39.8 Å². The number of rotatable bonds is 7.